The van der Waals surface area contributed by atoms with E-state index in [0.717, 1.165) is 17.8 Å². The van der Waals surface area contributed by atoms with Gasteiger partial charge in [0.15, 0.2) is 0 Å². The van der Waals surface area contributed by atoms with E-state index in [1.807, 2.05) is 0 Å². The van der Waals surface area contributed by atoms with Gasteiger partial charge in [0.1, 0.15) is 0 Å². The first kappa shape index (κ1) is 14.3. The van der Waals surface area contributed by atoms with Crippen molar-refractivity contribution < 1.29 is 0 Å². The number of hydrogen-bond donors (Lipinski definition) is 1. The summed E-state index contributed by atoms with van der Waals surface area (Å²) in [5.74, 6) is 2.45. The Morgan fingerprint density at radius 2 is 2.00 bits per heavy atom. The average Bonchev–Trinajstić information content (AvgIpc) is 2.61. The molecule has 1 saturated carbocycles. The number of nitrogens with zero attached hydrogens (tertiary/aromatic N) is 1. The Kier molecular flexibility index (Phi) is 4.38. The molecule has 3 atom stereocenters. The van der Waals surface area contributed by atoms with Crippen LogP contribution in [0.25, 0.3) is 0 Å². The fraction of sp³-hybridized carbons (Fsp3) is 1.00. The highest BCUT2D eigenvalue weighted by Gasteiger charge is 2.36. The minimum atomic E-state index is 0.407. The van der Waals surface area contributed by atoms with Gasteiger partial charge in [-0.1, -0.05) is 13.8 Å². The van der Waals surface area contributed by atoms with Crippen molar-refractivity contribution >= 4 is 0 Å². The molecule has 2 nitrogen and oxygen atoms in total. The van der Waals surface area contributed by atoms with Crippen LogP contribution in [-0.2, 0) is 0 Å². The summed E-state index contributed by atoms with van der Waals surface area (Å²) in [5, 5.41) is 0. The van der Waals surface area contributed by atoms with Gasteiger partial charge in [-0.15, -0.1) is 0 Å². The minimum Gasteiger partial charge on any atom is -0.327 e. The zero-order chi connectivity index (χ0) is 13.3. The molecule has 0 aromatic carbocycles. The van der Waals surface area contributed by atoms with Gasteiger partial charge in [0, 0.05) is 18.1 Å². The molecule has 0 aromatic rings. The van der Waals surface area contributed by atoms with Crippen molar-refractivity contribution in [1.29, 1.82) is 0 Å². The van der Waals surface area contributed by atoms with Gasteiger partial charge in [-0.3, -0.25) is 4.90 Å². The van der Waals surface area contributed by atoms with E-state index in [9.17, 15) is 0 Å². The molecule has 1 saturated heterocycles. The molecule has 2 N–H and O–H groups in total. The van der Waals surface area contributed by atoms with E-state index in [2.05, 4.69) is 32.6 Å². The summed E-state index contributed by atoms with van der Waals surface area (Å²) in [6.07, 6.45) is 6.65. The highest BCUT2D eigenvalue weighted by molar-refractivity contribution is 4.92. The van der Waals surface area contributed by atoms with E-state index in [4.69, 9.17) is 5.73 Å². The number of likely N-dealkylation sites (tertiary alicyclic amines) is 1. The third-order valence-electron chi connectivity index (χ3n) is 5.55. The number of nitrogens with two attached hydrogens (primary N) is 1. The average molecular weight is 252 g/mol. The normalized spacial score (nSPS) is 37.3. The van der Waals surface area contributed by atoms with Crippen LogP contribution in [0.15, 0.2) is 0 Å². The summed E-state index contributed by atoms with van der Waals surface area (Å²) >= 11 is 0. The standard InChI is InChI=1S/C16H32N2/c1-12(2)13-6-7-15(17)14(10-13)11-18-9-5-8-16(18,3)4/h12-15H,5-11,17H2,1-4H3. The van der Waals surface area contributed by atoms with E-state index in [1.54, 1.807) is 0 Å². The van der Waals surface area contributed by atoms with E-state index >= 15 is 0 Å². The molecule has 0 amide bonds. The molecule has 1 heterocycles. The van der Waals surface area contributed by atoms with E-state index < -0.39 is 0 Å². The zero-order valence-electron chi connectivity index (χ0n) is 12.8. The molecule has 18 heavy (non-hydrogen) atoms. The molecule has 1 aliphatic heterocycles. The summed E-state index contributed by atoms with van der Waals surface area (Å²) in [4.78, 5) is 2.69. The van der Waals surface area contributed by atoms with Crippen molar-refractivity contribution in [2.75, 3.05) is 13.1 Å². The lowest BCUT2D eigenvalue weighted by atomic mass is 9.73. The van der Waals surface area contributed by atoms with Crippen molar-refractivity contribution in [3.63, 3.8) is 0 Å². The van der Waals surface area contributed by atoms with Gasteiger partial charge >= 0.3 is 0 Å². The lowest BCUT2D eigenvalue weighted by molar-refractivity contribution is 0.0991. The maximum Gasteiger partial charge on any atom is 0.0153 e. The first-order chi connectivity index (χ1) is 8.40. The minimum absolute atomic E-state index is 0.407. The molecular weight excluding hydrogens is 220 g/mol. The summed E-state index contributed by atoms with van der Waals surface area (Å²) in [5.41, 5.74) is 6.79. The van der Waals surface area contributed by atoms with Crippen LogP contribution in [0.3, 0.4) is 0 Å². The van der Waals surface area contributed by atoms with Crippen LogP contribution in [0, 0.1) is 17.8 Å². The fourth-order valence-electron chi connectivity index (χ4n) is 3.92. The third kappa shape index (κ3) is 3.08. The van der Waals surface area contributed by atoms with Gasteiger partial charge in [-0.2, -0.15) is 0 Å². The van der Waals surface area contributed by atoms with Gasteiger partial charge in [-0.25, -0.2) is 0 Å². The summed E-state index contributed by atoms with van der Waals surface area (Å²) in [6.45, 7) is 12.1. The molecule has 0 spiro atoms. The van der Waals surface area contributed by atoms with Crippen LogP contribution < -0.4 is 5.73 Å². The molecule has 1 aliphatic carbocycles. The van der Waals surface area contributed by atoms with Gasteiger partial charge in [0.2, 0.25) is 0 Å². The molecule has 0 radical (unpaired) electrons. The first-order valence-corrected chi connectivity index (χ1v) is 7.91. The first-order valence-electron chi connectivity index (χ1n) is 7.91. The van der Waals surface area contributed by atoms with Crippen molar-refractivity contribution in [2.24, 2.45) is 23.5 Å². The Balaban J connectivity index is 1.94. The smallest absolute Gasteiger partial charge is 0.0153 e. The molecular formula is C16H32N2. The Hall–Kier alpha value is -0.0800. The van der Waals surface area contributed by atoms with Gasteiger partial charge in [0.25, 0.3) is 0 Å². The third-order valence-corrected chi connectivity index (χ3v) is 5.55. The molecule has 2 rings (SSSR count). The van der Waals surface area contributed by atoms with Crippen LogP contribution in [0.2, 0.25) is 0 Å². The maximum atomic E-state index is 6.38. The fourth-order valence-corrected chi connectivity index (χ4v) is 3.92. The molecule has 0 bridgehead atoms. The number of rotatable bonds is 3. The Morgan fingerprint density at radius 3 is 2.56 bits per heavy atom. The van der Waals surface area contributed by atoms with Crippen LogP contribution in [-0.4, -0.2) is 29.6 Å². The predicted octanol–water partition coefficient (Wildman–Crippen LogP) is 3.26. The Morgan fingerprint density at radius 1 is 1.28 bits per heavy atom. The van der Waals surface area contributed by atoms with Gasteiger partial charge in [-0.05, 0) is 70.3 Å². The van der Waals surface area contributed by atoms with Crippen molar-refractivity contribution in [1.82, 2.24) is 4.90 Å². The lowest BCUT2D eigenvalue weighted by Gasteiger charge is -2.41. The largest absolute Gasteiger partial charge is 0.327 e. The molecule has 2 fully saturated rings. The van der Waals surface area contributed by atoms with Gasteiger partial charge < -0.3 is 5.73 Å². The quantitative estimate of drug-likeness (QED) is 0.835. The SMILES string of the molecule is CC(C)C1CCC(N)C(CN2CCCC2(C)C)C1. The second-order valence-electron chi connectivity index (χ2n) is 7.60. The zero-order valence-corrected chi connectivity index (χ0v) is 12.8. The highest BCUT2D eigenvalue weighted by Crippen LogP contribution is 2.36. The van der Waals surface area contributed by atoms with Crippen LogP contribution >= 0.6 is 0 Å². The second kappa shape index (κ2) is 5.50. The maximum absolute atomic E-state index is 6.38. The molecule has 2 aliphatic rings. The van der Waals surface area contributed by atoms with E-state index in [-0.39, 0.29) is 0 Å². The summed E-state index contributed by atoms with van der Waals surface area (Å²) in [7, 11) is 0. The van der Waals surface area contributed by atoms with Gasteiger partial charge in [0.05, 0.1) is 0 Å². The number of hydrogen-bond acceptors (Lipinski definition) is 2. The molecule has 0 aromatic heterocycles. The second-order valence-corrected chi connectivity index (χ2v) is 7.60. The Labute approximate surface area is 113 Å². The van der Waals surface area contributed by atoms with Crippen molar-refractivity contribution in [3.8, 4) is 0 Å². The van der Waals surface area contributed by atoms with Crippen LogP contribution in [0.1, 0.15) is 59.8 Å². The lowest BCUT2D eigenvalue weighted by Crippen LogP contribution is -2.47. The molecule has 106 valence electrons. The van der Waals surface area contributed by atoms with Crippen molar-refractivity contribution in [2.45, 2.75) is 71.4 Å². The monoisotopic (exact) mass is 252 g/mol. The predicted molar refractivity (Wildman–Crippen MR) is 78.5 cm³/mol. The molecule has 3 unspecified atom stereocenters. The Bertz CT molecular complexity index is 272. The molecule has 2 heteroatoms. The van der Waals surface area contributed by atoms with E-state index in [0.29, 0.717) is 11.6 Å². The topological polar surface area (TPSA) is 29.3 Å². The van der Waals surface area contributed by atoms with Crippen LogP contribution in [0.5, 0.6) is 0 Å². The van der Waals surface area contributed by atoms with E-state index in [1.165, 1.54) is 45.2 Å². The summed E-state index contributed by atoms with van der Waals surface area (Å²) in [6, 6.07) is 0.441. The van der Waals surface area contributed by atoms with Crippen LogP contribution in [0.4, 0.5) is 0 Å². The van der Waals surface area contributed by atoms with Crippen molar-refractivity contribution in [3.05, 3.63) is 0 Å². The summed E-state index contributed by atoms with van der Waals surface area (Å²) < 4.78 is 0. The highest BCUT2D eigenvalue weighted by atomic mass is 15.2.